The van der Waals surface area contributed by atoms with Crippen molar-refractivity contribution in [3.8, 4) is 5.75 Å². The predicted octanol–water partition coefficient (Wildman–Crippen LogP) is 5.05. The van der Waals surface area contributed by atoms with Gasteiger partial charge < -0.3 is 24.4 Å². The van der Waals surface area contributed by atoms with E-state index in [1.54, 1.807) is 32.9 Å². The maximum Gasteiger partial charge on any atom is 0.344 e. The van der Waals surface area contributed by atoms with Gasteiger partial charge in [0.2, 0.25) is 0 Å². The lowest BCUT2D eigenvalue weighted by atomic mass is 9.84. The third-order valence-corrected chi connectivity index (χ3v) is 5.85. The van der Waals surface area contributed by atoms with Crippen LogP contribution in [0.1, 0.15) is 64.0 Å². The van der Waals surface area contributed by atoms with Gasteiger partial charge in [-0.05, 0) is 75.6 Å². The van der Waals surface area contributed by atoms with E-state index < -0.39 is 35.4 Å². The molecule has 2 N–H and O–H groups in total. The third-order valence-electron chi connectivity index (χ3n) is 5.85. The average Bonchev–Trinajstić information content (AvgIpc) is 2.85. The number of carbonyl (C=O) groups is 4. The zero-order chi connectivity index (χ0) is 28.8. The first-order valence-electron chi connectivity index (χ1n) is 13.0. The van der Waals surface area contributed by atoms with E-state index in [0.717, 1.165) is 11.1 Å². The van der Waals surface area contributed by atoms with Gasteiger partial charge >= 0.3 is 23.9 Å². The number of carbonyl (C=O) groups excluding carboxylic acids is 2. The second-order valence-electron chi connectivity index (χ2n) is 10.5. The lowest BCUT2D eigenvalue weighted by molar-refractivity contribution is -0.160. The Labute approximate surface area is 229 Å². The summed E-state index contributed by atoms with van der Waals surface area (Å²) in [5, 5.41) is 18.8. The van der Waals surface area contributed by atoms with Crippen LogP contribution in [-0.2, 0) is 41.7 Å². The Morgan fingerprint density at radius 2 is 1.54 bits per heavy atom. The number of ether oxygens (including phenoxy) is 3. The van der Waals surface area contributed by atoms with E-state index in [0.29, 0.717) is 25.0 Å². The monoisotopic (exact) mass is 542 g/mol. The van der Waals surface area contributed by atoms with Gasteiger partial charge in [-0.2, -0.15) is 0 Å². The van der Waals surface area contributed by atoms with Gasteiger partial charge in [-0.15, -0.1) is 0 Å². The fourth-order valence-corrected chi connectivity index (χ4v) is 4.08. The van der Waals surface area contributed by atoms with Crippen molar-refractivity contribution in [2.45, 2.75) is 71.5 Å². The van der Waals surface area contributed by atoms with Crippen molar-refractivity contribution < 1.29 is 43.6 Å². The van der Waals surface area contributed by atoms with E-state index in [1.165, 1.54) is 0 Å². The van der Waals surface area contributed by atoms with Crippen LogP contribution >= 0.6 is 0 Å². The summed E-state index contributed by atoms with van der Waals surface area (Å²) in [5.41, 5.74) is 1.06. The number of aliphatic carboxylic acids is 2. The van der Waals surface area contributed by atoms with E-state index in [1.807, 2.05) is 42.5 Å². The Morgan fingerprint density at radius 1 is 0.872 bits per heavy atom. The minimum atomic E-state index is -1.09. The average molecular weight is 543 g/mol. The van der Waals surface area contributed by atoms with Crippen LogP contribution in [0, 0.1) is 11.8 Å². The smallest absolute Gasteiger partial charge is 0.344 e. The summed E-state index contributed by atoms with van der Waals surface area (Å²) in [4.78, 5) is 47.2. The van der Waals surface area contributed by atoms with Crippen LogP contribution in [0.3, 0.4) is 0 Å². The zero-order valence-electron chi connectivity index (χ0n) is 22.8. The molecular formula is C30H38O9. The summed E-state index contributed by atoms with van der Waals surface area (Å²) in [6, 6.07) is 16.4. The molecule has 212 valence electrons. The molecule has 2 atom stereocenters. The molecule has 0 aliphatic heterocycles. The summed E-state index contributed by atoms with van der Waals surface area (Å²) in [6.45, 7) is 5.08. The number of benzene rings is 2. The van der Waals surface area contributed by atoms with Crippen LogP contribution in [0.4, 0.5) is 0 Å². The summed E-state index contributed by atoms with van der Waals surface area (Å²) < 4.78 is 16.0. The van der Waals surface area contributed by atoms with Gasteiger partial charge in [0.05, 0.1) is 12.3 Å². The summed E-state index contributed by atoms with van der Waals surface area (Å²) in [5.74, 6) is -3.71. The standard InChI is InChI=1S/C30H38O9/c1-30(2,3)39-27(33)18-24(29(35)36)17-23(10-7-11-26(31)32)16-21-12-14-25(15-13-21)37-20-28(34)38-19-22-8-5-4-6-9-22/h4-6,8-9,12-15,23-24H,7,10-11,16-20H2,1-3H3,(H,31,32)(H,35,36). The first-order chi connectivity index (χ1) is 18.4. The Bertz CT molecular complexity index is 1070. The molecule has 2 rings (SSSR count). The molecular weight excluding hydrogens is 504 g/mol. The molecule has 9 nitrogen and oxygen atoms in total. The first kappa shape index (κ1) is 31.3. The minimum Gasteiger partial charge on any atom is -0.482 e. The molecule has 0 saturated heterocycles. The molecule has 0 fully saturated rings. The number of carboxylic acids is 2. The van der Waals surface area contributed by atoms with Crippen molar-refractivity contribution in [3.63, 3.8) is 0 Å². The van der Waals surface area contributed by atoms with Crippen molar-refractivity contribution in [2.24, 2.45) is 11.8 Å². The second kappa shape index (κ2) is 15.5. The van der Waals surface area contributed by atoms with E-state index in [-0.39, 0.29) is 38.4 Å². The topological polar surface area (TPSA) is 136 Å². The van der Waals surface area contributed by atoms with Crippen LogP contribution in [0.5, 0.6) is 5.75 Å². The zero-order valence-corrected chi connectivity index (χ0v) is 22.8. The molecule has 0 amide bonds. The maximum absolute atomic E-state index is 12.3. The van der Waals surface area contributed by atoms with Crippen molar-refractivity contribution in [1.82, 2.24) is 0 Å². The Kier molecular flexibility index (Phi) is 12.5. The SMILES string of the molecule is CC(C)(C)OC(=O)CC(CC(CCCC(=O)O)Cc1ccc(OCC(=O)OCc2ccccc2)cc1)C(=O)O. The van der Waals surface area contributed by atoms with E-state index >= 15 is 0 Å². The van der Waals surface area contributed by atoms with Gasteiger partial charge in [-0.1, -0.05) is 42.5 Å². The minimum absolute atomic E-state index is 0.0204. The molecule has 0 heterocycles. The van der Waals surface area contributed by atoms with Crippen LogP contribution in [-0.4, -0.2) is 46.3 Å². The molecule has 2 aromatic carbocycles. The predicted molar refractivity (Wildman–Crippen MR) is 143 cm³/mol. The quantitative estimate of drug-likeness (QED) is 0.279. The second-order valence-corrected chi connectivity index (χ2v) is 10.5. The van der Waals surface area contributed by atoms with E-state index in [9.17, 15) is 24.3 Å². The normalized spacial score (nSPS) is 12.7. The molecule has 39 heavy (non-hydrogen) atoms. The number of hydrogen-bond acceptors (Lipinski definition) is 7. The molecule has 0 aliphatic carbocycles. The Morgan fingerprint density at radius 3 is 2.13 bits per heavy atom. The van der Waals surface area contributed by atoms with Gasteiger partial charge in [-0.25, -0.2) is 4.79 Å². The first-order valence-corrected chi connectivity index (χ1v) is 13.0. The molecule has 0 spiro atoms. The van der Waals surface area contributed by atoms with Gasteiger partial charge in [0.25, 0.3) is 0 Å². The highest BCUT2D eigenvalue weighted by Crippen LogP contribution is 2.27. The number of rotatable bonds is 16. The number of carboxylic acid groups (broad SMARTS) is 2. The molecule has 9 heteroatoms. The fourth-order valence-electron chi connectivity index (χ4n) is 4.08. The van der Waals surface area contributed by atoms with Gasteiger partial charge in [-0.3, -0.25) is 14.4 Å². The molecule has 0 radical (unpaired) electrons. The highest BCUT2D eigenvalue weighted by Gasteiger charge is 2.28. The van der Waals surface area contributed by atoms with Crippen LogP contribution in [0.2, 0.25) is 0 Å². The van der Waals surface area contributed by atoms with Crippen molar-refractivity contribution >= 4 is 23.9 Å². The highest BCUT2D eigenvalue weighted by atomic mass is 16.6. The van der Waals surface area contributed by atoms with Crippen LogP contribution in [0.15, 0.2) is 54.6 Å². The van der Waals surface area contributed by atoms with Crippen LogP contribution in [0.25, 0.3) is 0 Å². The molecule has 0 bridgehead atoms. The summed E-state index contributed by atoms with van der Waals surface area (Å²) in [7, 11) is 0. The number of hydrogen-bond donors (Lipinski definition) is 2. The Hall–Kier alpha value is -3.88. The molecule has 0 aliphatic rings. The molecule has 0 aromatic heterocycles. The fraction of sp³-hybridized carbons (Fsp3) is 0.467. The van der Waals surface area contributed by atoms with Gasteiger partial charge in [0, 0.05) is 6.42 Å². The largest absolute Gasteiger partial charge is 0.482 e. The Balaban J connectivity index is 1.95. The van der Waals surface area contributed by atoms with E-state index in [2.05, 4.69) is 0 Å². The summed E-state index contributed by atoms with van der Waals surface area (Å²) >= 11 is 0. The van der Waals surface area contributed by atoms with Crippen molar-refractivity contribution in [1.29, 1.82) is 0 Å². The molecule has 2 aromatic rings. The van der Waals surface area contributed by atoms with E-state index in [4.69, 9.17) is 19.3 Å². The van der Waals surface area contributed by atoms with Gasteiger partial charge in [0.15, 0.2) is 6.61 Å². The molecule has 0 saturated carbocycles. The molecule has 2 unspecified atom stereocenters. The lowest BCUT2D eigenvalue weighted by Gasteiger charge is -2.23. The van der Waals surface area contributed by atoms with Crippen molar-refractivity contribution in [2.75, 3.05) is 6.61 Å². The number of esters is 2. The van der Waals surface area contributed by atoms with Gasteiger partial charge in [0.1, 0.15) is 18.0 Å². The third kappa shape index (κ3) is 13.5. The lowest BCUT2D eigenvalue weighted by Crippen LogP contribution is -2.28. The maximum atomic E-state index is 12.3. The van der Waals surface area contributed by atoms with Crippen molar-refractivity contribution in [3.05, 3.63) is 65.7 Å². The van der Waals surface area contributed by atoms with Crippen LogP contribution < -0.4 is 4.74 Å². The summed E-state index contributed by atoms with van der Waals surface area (Å²) in [6.07, 6.45) is 1.32. The highest BCUT2D eigenvalue weighted by molar-refractivity contribution is 5.79.